The van der Waals surface area contributed by atoms with Gasteiger partial charge in [-0.3, -0.25) is 0 Å². The molecular formula is C19H39N. The maximum Gasteiger partial charge on any atom is 0.0100 e. The Morgan fingerprint density at radius 3 is 2.20 bits per heavy atom. The molecule has 1 N–H and O–H groups in total. The van der Waals surface area contributed by atoms with Gasteiger partial charge in [-0.25, -0.2) is 0 Å². The quantitative estimate of drug-likeness (QED) is 0.463. The predicted molar refractivity (Wildman–Crippen MR) is 91.2 cm³/mol. The van der Waals surface area contributed by atoms with E-state index in [2.05, 4.69) is 33.0 Å². The minimum atomic E-state index is 0.563. The molecule has 1 fully saturated rings. The average Bonchev–Trinajstić information content (AvgIpc) is 2.76. The van der Waals surface area contributed by atoms with Gasteiger partial charge in [-0.2, -0.15) is 0 Å². The second kappa shape index (κ2) is 9.82. The standard InChI is InChI=1S/C19H39N/c1-5-7-8-9-10-11-12-15-18(20-6-2)17-14-13-16-19(17,3)4/h17-18,20H,5-16H2,1-4H3. The maximum absolute atomic E-state index is 3.79. The van der Waals surface area contributed by atoms with Crippen molar-refractivity contribution in [3.05, 3.63) is 0 Å². The molecule has 0 aromatic carbocycles. The molecule has 0 bridgehead atoms. The number of unbranched alkanes of at least 4 members (excludes halogenated alkanes) is 6. The van der Waals surface area contributed by atoms with Gasteiger partial charge in [0.2, 0.25) is 0 Å². The van der Waals surface area contributed by atoms with Crippen molar-refractivity contribution in [3.8, 4) is 0 Å². The van der Waals surface area contributed by atoms with Crippen LogP contribution in [0.2, 0.25) is 0 Å². The van der Waals surface area contributed by atoms with E-state index in [4.69, 9.17) is 0 Å². The lowest BCUT2D eigenvalue weighted by Gasteiger charge is -2.35. The third-order valence-corrected chi connectivity index (χ3v) is 5.41. The molecule has 0 aromatic rings. The minimum absolute atomic E-state index is 0.563. The van der Waals surface area contributed by atoms with Crippen LogP contribution in [0.4, 0.5) is 0 Å². The normalized spacial score (nSPS) is 23.1. The Morgan fingerprint density at radius 1 is 1.00 bits per heavy atom. The first-order valence-electron chi connectivity index (χ1n) is 9.35. The summed E-state index contributed by atoms with van der Waals surface area (Å²) in [6, 6.07) is 0.771. The van der Waals surface area contributed by atoms with Crippen molar-refractivity contribution in [1.82, 2.24) is 5.32 Å². The second-order valence-electron chi connectivity index (χ2n) is 7.56. The van der Waals surface area contributed by atoms with E-state index in [-0.39, 0.29) is 0 Å². The molecule has 1 aliphatic carbocycles. The van der Waals surface area contributed by atoms with E-state index < -0.39 is 0 Å². The zero-order valence-corrected chi connectivity index (χ0v) is 14.6. The zero-order chi connectivity index (χ0) is 14.8. The van der Waals surface area contributed by atoms with E-state index in [9.17, 15) is 0 Å². The third kappa shape index (κ3) is 6.16. The van der Waals surface area contributed by atoms with Gasteiger partial charge in [-0.15, -0.1) is 0 Å². The molecule has 1 aliphatic rings. The Hall–Kier alpha value is -0.0400. The summed E-state index contributed by atoms with van der Waals surface area (Å²) in [5.74, 6) is 0.905. The SMILES string of the molecule is CCCCCCCCCC(NCC)C1CCCC1(C)C. The van der Waals surface area contributed by atoms with E-state index in [1.807, 2.05) is 0 Å². The Bertz CT molecular complexity index is 234. The topological polar surface area (TPSA) is 12.0 Å². The van der Waals surface area contributed by atoms with Crippen LogP contribution in [-0.4, -0.2) is 12.6 Å². The Balaban J connectivity index is 2.22. The van der Waals surface area contributed by atoms with Crippen molar-refractivity contribution in [2.24, 2.45) is 11.3 Å². The average molecular weight is 282 g/mol. The summed E-state index contributed by atoms with van der Waals surface area (Å²) in [4.78, 5) is 0. The first-order chi connectivity index (χ1) is 9.61. The van der Waals surface area contributed by atoms with Crippen molar-refractivity contribution < 1.29 is 0 Å². The summed E-state index contributed by atoms with van der Waals surface area (Å²) in [5, 5.41) is 3.79. The predicted octanol–water partition coefficient (Wildman–Crippen LogP) is 5.93. The highest BCUT2D eigenvalue weighted by Crippen LogP contribution is 2.45. The van der Waals surface area contributed by atoms with Gasteiger partial charge < -0.3 is 5.32 Å². The molecule has 0 radical (unpaired) electrons. The van der Waals surface area contributed by atoms with Gasteiger partial charge in [-0.1, -0.05) is 79.1 Å². The number of hydrogen-bond donors (Lipinski definition) is 1. The van der Waals surface area contributed by atoms with Crippen LogP contribution in [0.25, 0.3) is 0 Å². The maximum atomic E-state index is 3.79. The first-order valence-corrected chi connectivity index (χ1v) is 9.35. The van der Waals surface area contributed by atoms with E-state index in [0.717, 1.165) is 18.5 Å². The van der Waals surface area contributed by atoms with Crippen molar-refractivity contribution >= 4 is 0 Å². The first kappa shape index (κ1) is 18.0. The van der Waals surface area contributed by atoms with E-state index in [0.29, 0.717) is 5.41 Å². The number of hydrogen-bond acceptors (Lipinski definition) is 1. The van der Waals surface area contributed by atoms with Crippen LogP contribution in [0.15, 0.2) is 0 Å². The van der Waals surface area contributed by atoms with Gasteiger partial charge in [0.05, 0.1) is 0 Å². The Kier molecular flexibility index (Phi) is 8.84. The van der Waals surface area contributed by atoms with Crippen LogP contribution in [0.5, 0.6) is 0 Å². The van der Waals surface area contributed by atoms with Crippen LogP contribution in [0, 0.1) is 11.3 Å². The smallest absolute Gasteiger partial charge is 0.0100 e. The van der Waals surface area contributed by atoms with E-state index in [1.165, 1.54) is 70.6 Å². The molecule has 0 heterocycles. The Labute approximate surface area is 128 Å². The molecule has 0 saturated heterocycles. The molecular weight excluding hydrogens is 242 g/mol. The summed E-state index contributed by atoms with van der Waals surface area (Å²) in [7, 11) is 0. The molecule has 1 saturated carbocycles. The van der Waals surface area contributed by atoms with Crippen LogP contribution in [0.3, 0.4) is 0 Å². The monoisotopic (exact) mass is 281 g/mol. The Morgan fingerprint density at radius 2 is 1.65 bits per heavy atom. The summed E-state index contributed by atoms with van der Waals surface area (Å²) in [5.41, 5.74) is 0.563. The third-order valence-electron chi connectivity index (χ3n) is 5.41. The van der Waals surface area contributed by atoms with Crippen molar-refractivity contribution in [3.63, 3.8) is 0 Å². The van der Waals surface area contributed by atoms with E-state index >= 15 is 0 Å². The molecule has 2 atom stereocenters. The molecule has 1 nitrogen and oxygen atoms in total. The van der Waals surface area contributed by atoms with Crippen molar-refractivity contribution in [2.45, 2.75) is 104 Å². The molecule has 0 aliphatic heterocycles. The summed E-state index contributed by atoms with van der Waals surface area (Å²) >= 11 is 0. The molecule has 120 valence electrons. The summed E-state index contributed by atoms with van der Waals surface area (Å²) in [6.07, 6.45) is 15.7. The highest BCUT2D eigenvalue weighted by atomic mass is 14.9. The molecule has 20 heavy (non-hydrogen) atoms. The fraction of sp³-hybridized carbons (Fsp3) is 1.00. The lowest BCUT2D eigenvalue weighted by atomic mass is 9.76. The second-order valence-corrected chi connectivity index (χ2v) is 7.56. The van der Waals surface area contributed by atoms with E-state index in [1.54, 1.807) is 0 Å². The van der Waals surface area contributed by atoms with Gasteiger partial charge in [0, 0.05) is 6.04 Å². The zero-order valence-electron chi connectivity index (χ0n) is 14.6. The number of nitrogens with one attached hydrogen (secondary N) is 1. The largest absolute Gasteiger partial charge is 0.314 e. The van der Waals surface area contributed by atoms with Gasteiger partial charge in [0.1, 0.15) is 0 Å². The van der Waals surface area contributed by atoms with Crippen LogP contribution in [0.1, 0.15) is 98.3 Å². The van der Waals surface area contributed by atoms with Gasteiger partial charge in [0.25, 0.3) is 0 Å². The lowest BCUT2D eigenvalue weighted by Crippen LogP contribution is -2.40. The molecule has 1 rings (SSSR count). The molecule has 2 unspecified atom stereocenters. The fourth-order valence-corrected chi connectivity index (χ4v) is 4.13. The highest BCUT2D eigenvalue weighted by molar-refractivity contribution is 4.92. The lowest BCUT2D eigenvalue weighted by molar-refractivity contribution is 0.188. The number of rotatable bonds is 11. The van der Waals surface area contributed by atoms with Crippen molar-refractivity contribution in [2.75, 3.05) is 6.54 Å². The van der Waals surface area contributed by atoms with Gasteiger partial charge in [-0.05, 0) is 37.1 Å². The van der Waals surface area contributed by atoms with Crippen LogP contribution in [-0.2, 0) is 0 Å². The molecule has 0 amide bonds. The van der Waals surface area contributed by atoms with Crippen molar-refractivity contribution in [1.29, 1.82) is 0 Å². The minimum Gasteiger partial charge on any atom is -0.314 e. The fourth-order valence-electron chi connectivity index (χ4n) is 4.13. The van der Waals surface area contributed by atoms with Gasteiger partial charge in [0.15, 0.2) is 0 Å². The highest BCUT2D eigenvalue weighted by Gasteiger charge is 2.38. The van der Waals surface area contributed by atoms with Gasteiger partial charge >= 0.3 is 0 Å². The molecule has 0 aromatic heterocycles. The molecule has 0 spiro atoms. The summed E-state index contributed by atoms with van der Waals surface area (Å²) in [6.45, 7) is 10.7. The molecule has 1 heteroatoms. The summed E-state index contributed by atoms with van der Waals surface area (Å²) < 4.78 is 0. The van der Waals surface area contributed by atoms with Crippen LogP contribution >= 0.6 is 0 Å². The van der Waals surface area contributed by atoms with Crippen LogP contribution < -0.4 is 5.32 Å².